The first-order chi connectivity index (χ1) is 12.6. The van der Waals surface area contributed by atoms with Gasteiger partial charge in [-0.15, -0.1) is 0 Å². The number of aryl methyl sites for hydroxylation is 2. The Labute approximate surface area is 160 Å². The monoisotopic (exact) mass is 368 g/mol. The van der Waals surface area contributed by atoms with E-state index in [1.165, 1.54) is 47.9 Å². The van der Waals surface area contributed by atoms with Crippen molar-refractivity contribution in [2.24, 2.45) is 0 Å². The molecule has 0 atom stereocenters. The highest BCUT2D eigenvalue weighted by Gasteiger charge is 2.18. The van der Waals surface area contributed by atoms with Gasteiger partial charge in [0.05, 0.1) is 17.1 Å². The zero-order valence-electron chi connectivity index (χ0n) is 15.5. The number of ether oxygens (including phenoxy) is 1. The van der Waals surface area contributed by atoms with Crippen LogP contribution < -0.4 is 0 Å². The van der Waals surface area contributed by atoms with E-state index < -0.39 is 0 Å². The van der Waals surface area contributed by atoms with Crippen molar-refractivity contribution >= 4 is 22.6 Å². The third-order valence-corrected chi connectivity index (χ3v) is 5.70. The first-order valence-corrected chi connectivity index (χ1v) is 9.80. The standard InChI is InChI=1S/C22H25ClN2O/c1-15-11-20-21(12-16(15)2)25(13-17-7-9-18(23)10-8-17)22(24-20)14-26-19-5-3-4-6-19/h7-12,19H,3-6,13-14H2,1-2H3. The Morgan fingerprint density at radius 2 is 1.77 bits per heavy atom. The minimum absolute atomic E-state index is 0.391. The highest BCUT2D eigenvalue weighted by Crippen LogP contribution is 2.25. The smallest absolute Gasteiger partial charge is 0.136 e. The van der Waals surface area contributed by atoms with Gasteiger partial charge in [0, 0.05) is 11.6 Å². The number of hydrogen-bond acceptors (Lipinski definition) is 2. The molecule has 2 aromatic carbocycles. The molecule has 0 radical (unpaired) electrons. The summed E-state index contributed by atoms with van der Waals surface area (Å²) in [5.41, 5.74) is 6.00. The van der Waals surface area contributed by atoms with E-state index in [4.69, 9.17) is 21.3 Å². The Hall–Kier alpha value is -1.84. The first-order valence-electron chi connectivity index (χ1n) is 9.42. The van der Waals surface area contributed by atoms with Crippen LogP contribution >= 0.6 is 11.6 Å². The molecule has 1 aromatic heterocycles. The lowest BCUT2D eigenvalue weighted by atomic mass is 10.1. The molecule has 0 saturated heterocycles. The Kier molecular flexibility index (Phi) is 5.01. The molecule has 3 nitrogen and oxygen atoms in total. The second-order valence-corrected chi connectivity index (χ2v) is 7.82. The molecule has 1 fully saturated rings. The molecule has 1 aliphatic rings. The Bertz CT molecular complexity index is 908. The third kappa shape index (κ3) is 3.65. The summed E-state index contributed by atoms with van der Waals surface area (Å²) in [7, 11) is 0. The van der Waals surface area contributed by atoms with E-state index in [-0.39, 0.29) is 0 Å². The zero-order valence-corrected chi connectivity index (χ0v) is 16.2. The zero-order chi connectivity index (χ0) is 18.1. The average molecular weight is 369 g/mol. The normalized spacial score (nSPS) is 15.2. The Morgan fingerprint density at radius 3 is 2.50 bits per heavy atom. The number of fused-ring (bicyclic) bond motifs is 1. The summed E-state index contributed by atoms with van der Waals surface area (Å²) in [6.45, 7) is 5.65. The van der Waals surface area contributed by atoms with Crippen molar-refractivity contribution in [1.29, 1.82) is 0 Å². The predicted octanol–water partition coefficient (Wildman–Crippen LogP) is 5.81. The molecule has 4 heteroatoms. The summed E-state index contributed by atoms with van der Waals surface area (Å²) in [5.74, 6) is 1.01. The maximum atomic E-state index is 6.17. The van der Waals surface area contributed by atoms with Crippen LogP contribution in [0.4, 0.5) is 0 Å². The summed E-state index contributed by atoms with van der Waals surface area (Å²) >= 11 is 6.04. The van der Waals surface area contributed by atoms with Crippen LogP contribution in [0.15, 0.2) is 36.4 Å². The molecule has 1 saturated carbocycles. The molecular weight excluding hydrogens is 344 g/mol. The van der Waals surface area contributed by atoms with Gasteiger partial charge >= 0.3 is 0 Å². The molecule has 0 bridgehead atoms. The van der Waals surface area contributed by atoms with E-state index in [1.807, 2.05) is 12.1 Å². The van der Waals surface area contributed by atoms with E-state index >= 15 is 0 Å². The molecule has 1 heterocycles. The lowest BCUT2D eigenvalue weighted by molar-refractivity contribution is 0.0405. The number of benzene rings is 2. The highest BCUT2D eigenvalue weighted by atomic mass is 35.5. The molecule has 0 amide bonds. The second kappa shape index (κ2) is 7.42. The summed E-state index contributed by atoms with van der Waals surface area (Å²) in [6, 6.07) is 12.5. The number of halogens is 1. The SMILES string of the molecule is Cc1cc2nc(COC3CCCC3)n(Cc3ccc(Cl)cc3)c2cc1C. The number of nitrogens with zero attached hydrogens (tertiary/aromatic N) is 2. The van der Waals surface area contributed by atoms with Gasteiger partial charge in [0.1, 0.15) is 12.4 Å². The highest BCUT2D eigenvalue weighted by molar-refractivity contribution is 6.30. The summed E-state index contributed by atoms with van der Waals surface area (Å²) in [5, 5.41) is 0.764. The molecule has 0 aliphatic heterocycles. The van der Waals surface area contributed by atoms with Crippen LogP contribution in [0.1, 0.15) is 48.2 Å². The van der Waals surface area contributed by atoms with Crippen molar-refractivity contribution in [3.63, 3.8) is 0 Å². The Balaban J connectivity index is 1.69. The van der Waals surface area contributed by atoms with Crippen molar-refractivity contribution in [2.45, 2.75) is 58.8 Å². The molecule has 3 aromatic rings. The molecule has 26 heavy (non-hydrogen) atoms. The molecule has 4 rings (SSSR count). The van der Waals surface area contributed by atoms with Gasteiger partial charge in [-0.1, -0.05) is 36.6 Å². The summed E-state index contributed by atoms with van der Waals surface area (Å²) in [4.78, 5) is 4.90. The number of aromatic nitrogens is 2. The first kappa shape index (κ1) is 17.6. The lowest BCUT2D eigenvalue weighted by Crippen LogP contribution is -2.12. The van der Waals surface area contributed by atoms with Crippen LogP contribution in [0.5, 0.6) is 0 Å². The predicted molar refractivity (Wildman–Crippen MR) is 107 cm³/mol. The van der Waals surface area contributed by atoms with Crippen molar-refractivity contribution in [3.8, 4) is 0 Å². The number of hydrogen-bond donors (Lipinski definition) is 0. The largest absolute Gasteiger partial charge is 0.370 e. The van der Waals surface area contributed by atoms with Crippen LogP contribution in [-0.2, 0) is 17.9 Å². The fraction of sp³-hybridized carbons (Fsp3) is 0.409. The third-order valence-electron chi connectivity index (χ3n) is 5.45. The van der Waals surface area contributed by atoms with E-state index in [0.29, 0.717) is 12.7 Å². The van der Waals surface area contributed by atoms with Crippen molar-refractivity contribution in [3.05, 3.63) is 63.9 Å². The maximum absolute atomic E-state index is 6.17. The van der Waals surface area contributed by atoms with E-state index in [9.17, 15) is 0 Å². The van der Waals surface area contributed by atoms with Gasteiger partial charge in [0.15, 0.2) is 0 Å². The lowest BCUT2D eigenvalue weighted by Gasteiger charge is -2.13. The Morgan fingerprint density at radius 1 is 1.08 bits per heavy atom. The summed E-state index contributed by atoms with van der Waals surface area (Å²) in [6.07, 6.45) is 5.31. The van der Waals surface area contributed by atoms with Gasteiger partial charge < -0.3 is 9.30 Å². The molecule has 136 valence electrons. The van der Waals surface area contributed by atoms with Crippen molar-refractivity contribution in [2.75, 3.05) is 0 Å². The molecule has 0 unspecified atom stereocenters. The quantitative estimate of drug-likeness (QED) is 0.567. The fourth-order valence-electron chi connectivity index (χ4n) is 3.74. The van der Waals surface area contributed by atoms with Gasteiger partial charge in [-0.05, 0) is 67.6 Å². The van der Waals surface area contributed by atoms with Crippen LogP contribution in [0.3, 0.4) is 0 Å². The average Bonchev–Trinajstić information content (AvgIpc) is 3.25. The van der Waals surface area contributed by atoms with E-state index in [1.54, 1.807) is 0 Å². The minimum atomic E-state index is 0.391. The number of rotatable bonds is 5. The van der Waals surface area contributed by atoms with Crippen LogP contribution in [0, 0.1) is 13.8 Å². The van der Waals surface area contributed by atoms with Crippen LogP contribution in [0.2, 0.25) is 5.02 Å². The van der Waals surface area contributed by atoms with Crippen LogP contribution in [0.25, 0.3) is 11.0 Å². The number of imidazole rings is 1. The fourth-order valence-corrected chi connectivity index (χ4v) is 3.86. The van der Waals surface area contributed by atoms with Gasteiger partial charge in [-0.3, -0.25) is 0 Å². The molecule has 0 spiro atoms. The summed E-state index contributed by atoms with van der Waals surface area (Å²) < 4.78 is 8.46. The van der Waals surface area contributed by atoms with Gasteiger partial charge in [0.25, 0.3) is 0 Å². The van der Waals surface area contributed by atoms with Crippen LogP contribution in [-0.4, -0.2) is 15.7 Å². The minimum Gasteiger partial charge on any atom is -0.370 e. The maximum Gasteiger partial charge on any atom is 0.136 e. The van der Waals surface area contributed by atoms with Gasteiger partial charge in [-0.2, -0.15) is 0 Å². The topological polar surface area (TPSA) is 27.1 Å². The van der Waals surface area contributed by atoms with Crippen molar-refractivity contribution in [1.82, 2.24) is 9.55 Å². The van der Waals surface area contributed by atoms with Gasteiger partial charge in [-0.25, -0.2) is 4.98 Å². The van der Waals surface area contributed by atoms with E-state index in [0.717, 1.165) is 22.9 Å². The van der Waals surface area contributed by atoms with E-state index in [2.05, 4.69) is 42.7 Å². The van der Waals surface area contributed by atoms with Crippen molar-refractivity contribution < 1.29 is 4.74 Å². The molecular formula is C22H25ClN2O. The molecule has 1 aliphatic carbocycles. The van der Waals surface area contributed by atoms with Gasteiger partial charge in [0.2, 0.25) is 0 Å². The molecule has 0 N–H and O–H groups in total. The second-order valence-electron chi connectivity index (χ2n) is 7.38.